The Balaban J connectivity index is 1.32. The van der Waals surface area contributed by atoms with Gasteiger partial charge in [0, 0.05) is 0 Å². The summed E-state index contributed by atoms with van der Waals surface area (Å²) in [5.74, 6) is 5.09. The van der Waals surface area contributed by atoms with E-state index in [0.717, 1.165) is 35.8 Å². The van der Waals surface area contributed by atoms with Gasteiger partial charge in [0.2, 0.25) is 0 Å². The van der Waals surface area contributed by atoms with Gasteiger partial charge in [0.1, 0.15) is 5.75 Å². The molecule has 0 aliphatic heterocycles. The van der Waals surface area contributed by atoms with Crippen LogP contribution in [0.1, 0.15) is 102 Å². The molecule has 1 aromatic carbocycles. The summed E-state index contributed by atoms with van der Waals surface area (Å²) < 4.78 is 5.52. The van der Waals surface area contributed by atoms with Gasteiger partial charge in [-0.2, -0.15) is 0 Å². The summed E-state index contributed by atoms with van der Waals surface area (Å²) in [6.45, 7) is 6.18. The highest BCUT2D eigenvalue weighted by atomic mass is 16.5. The molecule has 0 atom stereocenters. The lowest BCUT2D eigenvalue weighted by molar-refractivity contribution is 0.143. The van der Waals surface area contributed by atoms with Crippen LogP contribution in [-0.4, -0.2) is 7.11 Å². The minimum Gasteiger partial charge on any atom is -0.496 e. The molecule has 0 saturated heterocycles. The van der Waals surface area contributed by atoms with E-state index in [2.05, 4.69) is 37.8 Å². The summed E-state index contributed by atoms with van der Waals surface area (Å²) >= 11 is 0. The number of allylic oxidation sites excluding steroid dienone is 1. The van der Waals surface area contributed by atoms with Crippen LogP contribution in [0.4, 0.5) is 0 Å². The molecule has 1 heteroatoms. The molecular weight excluding hydrogens is 364 g/mol. The van der Waals surface area contributed by atoms with Crippen LogP contribution in [0.3, 0.4) is 0 Å². The molecule has 0 heterocycles. The Morgan fingerprint density at radius 1 is 0.900 bits per heavy atom. The van der Waals surface area contributed by atoms with Gasteiger partial charge in [-0.05, 0) is 105 Å². The lowest BCUT2D eigenvalue weighted by atomic mass is 9.68. The van der Waals surface area contributed by atoms with E-state index in [1.165, 1.54) is 101 Å². The largest absolute Gasteiger partial charge is 0.496 e. The summed E-state index contributed by atoms with van der Waals surface area (Å²) in [7, 11) is 1.79. The standard InChI is InChI=1S/C29H46O/c1-4-8-23-12-17-26(18-13-23)27-19-14-24(15-20-27)10-6-7-11-25-16-21-29(30-3)28(22-25)9-5-2/h4,16,21-24,26-27H,1,5-15,17-20H2,2-3H3. The van der Waals surface area contributed by atoms with Gasteiger partial charge < -0.3 is 4.74 Å². The number of benzene rings is 1. The Labute approximate surface area is 186 Å². The first-order valence-corrected chi connectivity index (χ1v) is 13.0. The highest BCUT2D eigenvalue weighted by Gasteiger charge is 2.30. The fourth-order valence-corrected chi connectivity index (χ4v) is 6.29. The average molecular weight is 411 g/mol. The lowest BCUT2D eigenvalue weighted by Gasteiger charge is -2.37. The first kappa shape index (κ1) is 23.4. The predicted octanol–water partition coefficient (Wildman–Crippen LogP) is 8.55. The summed E-state index contributed by atoms with van der Waals surface area (Å²) in [6, 6.07) is 6.83. The number of methoxy groups -OCH3 is 1. The van der Waals surface area contributed by atoms with Gasteiger partial charge in [-0.1, -0.05) is 57.2 Å². The Bertz CT molecular complexity index is 617. The topological polar surface area (TPSA) is 9.23 Å². The van der Waals surface area contributed by atoms with Gasteiger partial charge in [0.15, 0.2) is 0 Å². The predicted molar refractivity (Wildman–Crippen MR) is 130 cm³/mol. The summed E-state index contributed by atoms with van der Waals surface area (Å²) in [5, 5.41) is 0. The van der Waals surface area contributed by atoms with Crippen LogP contribution in [-0.2, 0) is 12.8 Å². The second kappa shape index (κ2) is 12.6. The normalized spacial score (nSPS) is 27.0. The molecule has 30 heavy (non-hydrogen) atoms. The third-order valence-corrected chi connectivity index (χ3v) is 8.14. The Kier molecular flexibility index (Phi) is 9.82. The number of aryl methyl sites for hydroxylation is 2. The summed E-state index contributed by atoms with van der Waals surface area (Å²) in [4.78, 5) is 0. The SMILES string of the molecule is C=CCC1CCC(C2CCC(CCCCc3ccc(OC)c(CCC)c3)CC2)CC1. The maximum absolute atomic E-state index is 5.52. The lowest BCUT2D eigenvalue weighted by Crippen LogP contribution is -2.25. The molecule has 2 fully saturated rings. The van der Waals surface area contributed by atoms with Crippen molar-refractivity contribution < 1.29 is 4.74 Å². The molecule has 2 aliphatic rings. The monoisotopic (exact) mass is 410 g/mol. The molecule has 0 aromatic heterocycles. The molecule has 0 spiro atoms. The fourth-order valence-electron chi connectivity index (χ4n) is 6.29. The number of rotatable bonds is 11. The van der Waals surface area contributed by atoms with Crippen molar-refractivity contribution in [1.29, 1.82) is 0 Å². The maximum Gasteiger partial charge on any atom is 0.122 e. The van der Waals surface area contributed by atoms with Crippen molar-refractivity contribution in [3.05, 3.63) is 42.0 Å². The van der Waals surface area contributed by atoms with E-state index in [1.807, 2.05) is 0 Å². The van der Waals surface area contributed by atoms with Crippen LogP contribution < -0.4 is 4.74 Å². The van der Waals surface area contributed by atoms with E-state index in [4.69, 9.17) is 4.74 Å². The Morgan fingerprint density at radius 3 is 2.17 bits per heavy atom. The molecular formula is C29H46O. The number of unbranched alkanes of at least 4 members (excludes halogenated alkanes) is 1. The second-order valence-electron chi connectivity index (χ2n) is 10.2. The van der Waals surface area contributed by atoms with Crippen molar-refractivity contribution in [1.82, 2.24) is 0 Å². The van der Waals surface area contributed by atoms with Gasteiger partial charge >= 0.3 is 0 Å². The van der Waals surface area contributed by atoms with E-state index >= 15 is 0 Å². The van der Waals surface area contributed by atoms with Gasteiger partial charge in [0.05, 0.1) is 7.11 Å². The first-order chi connectivity index (χ1) is 14.7. The number of hydrogen-bond acceptors (Lipinski definition) is 1. The Morgan fingerprint density at radius 2 is 1.57 bits per heavy atom. The molecule has 0 bridgehead atoms. The molecule has 0 unspecified atom stereocenters. The van der Waals surface area contributed by atoms with Crippen molar-refractivity contribution in [2.45, 2.75) is 103 Å². The van der Waals surface area contributed by atoms with E-state index in [-0.39, 0.29) is 0 Å². The van der Waals surface area contributed by atoms with Crippen molar-refractivity contribution in [3.63, 3.8) is 0 Å². The highest BCUT2D eigenvalue weighted by molar-refractivity contribution is 5.37. The zero-order chi connectivity index (χ0) is 21.2. The van der Waals surface area contributed by atoms with Gasteiger partial charge in [-0.15, -0.1) is 6.58 Å². The summed E-state index contributed by atoms with van der Waals surface area (Å²) in [6.07, 6.45) is 23.0. The zero-order valence-electron chi connectivity index (χ0n) is 19.8. The van der Waals surface area contributed by atoms with Gasteiger partial charge in [-0.25, -0.2) is 0 Å². The van der Waals surface area contributed by atoms with E-state index in [0.29, 0.717) is 0 Å². The molecule has 0 amide bonds. The fraction of sp³-hybridized carbons (Fsp3) is 0.724. The van der Waals surface area contributed by atoms with E-state index in [9.17, 15) is 0 Å². The minimum absolute atomic E-state index is 0.943. The quantitative estimate of drug-likeness (QED) is 0.262. The molecule has 0 radical (unpaired) electrons. The van der Waals surface area contributed by atoms with Crippen molar-refractivity contribution in [2.24, 2.45) is 23.7 Å². The first-order valence-electron chi connectivity index (χ1n) is 13.0. The molecule has 168 valence electrons. The smallest absolute Gasteiger partial charge is 0.122 e. The number of hydrogen-bond donors (Lipinski definition) is 0. The number of ether oxygens (including phenoxy) is 1. The van der Waals surface area contributed by atoms with Crippen molar-refractivity contribution >= 4 is 0 Å². The zero-order valence-corrected chi connectivity index (χ0v) is 19.8. The molecule has 3 rings (SSSR count). The van der Waals surface area contributed by atoms with E-state index in [1.54, 1.807) is 7.11 Å². The molecule has 0 N–H and O–H groups in total. The van der Waals surface area contributed by atoms with E-state index < -0.39 is 0 Å². The van der Waals surface area contributed by atoms with Gasteiger partial charge in [0.25, 0.3) is 0 Å². The van der Waals surface area contributed by atoms with Crippen LogP contribution in [0.5, 0.6) is 5.75 Å². The van der Waals surface area contributed by atoms with Crippen molar-refractivity contribution in [2.75, 3.05) is 7.11 Å². The third kappa shape index (κ3) is 6.89. The van der Waals surface area contributed by atoms with Crippen LogP contribution in [0, 0.1) is 23.7 Å². The maximum atomic E-state index is 5.52. The second-order valence-corrected chi connectivity index (χ2v) is 10.2. The van der Waals surface area contributed by atoms with Crippen LogP contribution in [0.15, 0.2) is 30.9 Å². The molecule has 1 nitrogen and oxygen atoms in total. The summed E-state index contributed by atoms with van der Waals surface area (Å²) in [5.41, 5.74) is 2.88. The van der Waals surface area contributed by atoms with Crippen LogP contribution in [0.2, 0.25) is 0 Å². The molecule has 1 aromatic rings. The Hall–Kier alpha value is -1.24. The van der Waals surface area contributed by atoms with Gasteiger partial charge in [-0.3, -0.25) is 0 Å². The van der Waals surface area contributed by atoms with Crippen LogP contribution in [0.25, 0.3) is 0 Å². The minimum atomic E-state index is 0.943. The highest BCUT2D eigenvalue weighted by Crippen LogP contribution is 2.42. The molecule has 2 aliphatic carbocycles. The third-order valence-electron chi connectivity index (χ3n) is 8.14. The molecule has 2 saturated carbocycles. The average Bonchev–Trinajstić information content (AvgIpc) is 2.78. The van der Waals surface area contributed by atoms with Crippen LogP contribution >= 0.6 is 0 Å². The van der Waals surface area contributed by atoms with Crippen molar-refractivity contribution in [3.8, 4) is 5.75 Å².